The van der Waals surface area contributed by atoms with Crippen molar-refractivity contribution in [2.45, 2.75) is 19.8 Å². The number of likely N-dealkylation sites (N-methyl/N-ethyl adjacent to an activating group) is 1. The minimum absolute atomic E-state index is 0.0729. The quantitative estimate of drug-likeness (QED) is 0.704. The lowest BCUT2D eigenvalue weighted by molar-refractivity contribution is -0.119. The number of rotatable bonds is 7. The van der Waals surface area contributed by atoms with Crippen LogP contribution in [0.1, 0.15) is 25.5 Å². The second-order valence-corrected chi connectivity index (χ2v) is 5.10. The van der Waals surface area contributed by atoms with Crippen LogP contribution in [0.2, 0.25) is 0 Å². The molecule has 20 heavy (non-hydrogen) atoms. The summed E-state index contributed by atoms with van der Waals surface area (Å²) < 4.78 is 6.60. The molecule has 0 saturated carbocycles. The fraction of sp³-hybridized carbons (Fsp3) is 0.692. The van der Waals surface area contributed by atoms with E-state index in [2.05, 4.69) is 10.4 Å². The lowest BCUT2D eigenvalue weighted by atomic mass is 10.1. The van der Waals surface area contributed by atoms with E-state index in [0.29, 0.717) is 18.8 Å². The summed E-state index contributed by atoms with van der Waals surface area (Å²) in [7, 11) is 5.26. The standard InChI is InChI=1S/C13H25N5O2/c1-9(2)12-11(14)13(18(4)16-12)17(3)8-10(19)15-6-7-20-5/h9H,6-8,14H2,1-5H3,(H,15,19). The number of nitrogens with zero attached hydrogens (tertiary/aromatic N) is 3. The number of nitrogens with two attached hydrogens (primary N) is 1. The Balaban J connectivity index is 2.72. The number of nitrogen functional groups attached to an aromatic ring is 1. The van der Waals surface area contributed by atoms with Crippen molar-refractivity contribution < 1.29 is 9.53 Å². The Morgan fingerprint density at radius 3 is 2.70 bits per heavy atom. The zero-order valence-electron chi connectivity index (χ0n) is 12.9. The Morgan fingerprint density at radius 2 is 2.20 bits per heavy atom. The van der Waals surface area contributed by atoms with Gasteiger partial charge in [0.15, 0.2) is 5.82 Å². The molecule has 0 aromatic carbocycles. The maximum absolute atomic E-state index is 11.8. The first kappa shape index (κ1) is 16.3. The molecule has 114 valence electrons. The second kappa shape index (κ2) is 7.14. The minimum Gasteiger partial charge on any atom is -0.394 e. The van der Waals surface area contributed by atoms with Crippen LogP contribution in [0, 0.1) is 0 Å². The molecule has 7 nitrogen and oxygen atoms in total. The summed E-state index contributed by atoms with van der Waals surface area (Å²) >= 11 is 0. The predicted octanol–water partition coefficient (Wildman–Crippen LogP) is 0.325. The topological polar surface area (TPSA) is 85.4 Å². The Labute approximate surface area is 120 Å². The van der Waals surface area contributed by atoms with E-state index in [9.17, 15) is 4.79 Å². The first-order chi connectivity index (χ1) is 9.38. The van der Waals surface area contributed by atoms with E-state index in [1.807, 2.05) is 27.9 Å². The van der Waals surface area contributed by atoms with E-state index in [-0.39, 0.29) is 18.4 Å². The molecular weight excluding hydrogens is 258 g/mol. The summed E-state index contributed by atoms with van der Waals surface area (Å²) in [6.07, 6.45) is 0. The number of hydrogen-bond donors (Lipinski definition) is 2. The van der Waals surface area contributed by atoms with Gasteiger partial charge in [-0.05, 0) is 5.92 Å². The van der Waals surface area contributed by atoms with Gasteiger partial charge in [-0.1, -0.05) is 13.8 Å². The van der Waals surface area contributed by atoms with E-state index in [1.165, 1.54) is 0 Å². The average molecular weight is 283 g/mol. The molecule has 1 heterocycles. The van der Waals surface area contributed by atoms with Crippen molar-refractivity contribution in [2.24, 2.45) is 7.05 Å². The lowest BCUT2D eigenvalue weighted by Crippen LogP contribution is -2.37. The minimum atomic E-state index is -0.0729. The summed E-state index contributed by atoms with van der Waals surface area (Å²) in [5.74, 6) is 0.936. The number of ether oxygens (including phenoxy) is 1. The fourth-order valence-corrected chi connectivity index (χ4v) is 2.07. The van der Waals surface area contributed by atoms with Crippen LogP contribution >= 0.6 is 0 Å². The number of aryl methyl sites for hydroxylation is 1. The molecule has 0 saturated heterocycles. The van der Waals surface area contributed by atoms with Gasteiger partial charge in [-0.3, -0.25) is 9.48 Å². The summed E-state index contributed by atoms with van der Waals surface area (Å²) in [5.41, 5.74) is 7.62. The van der Waals surface area contributed by atoms with Crippen LogP contribution in [-0.2, 0) is 16.6 Å². The van der Waals surface area contributed by atoms with Crippen LogP contribution in [0.15, 0.2) is 0 Å². The predicted molar refractivity (Wildman–Crippen MR) is 79.9 cm³/mol. The van der Waals surface area contributed by atoms with Crippen molar-refractivity contribution in [1.29, 1.82) is 0 Å². The van der Waals surface area contributed by atoms with E-state index >= 15 is 0 Å². The third kappa shape index (κ3) is 3.86. The maximum Gasteiger partial charge on any atom is 0.239 e. The number of nitrogens with one attached hydrogen (secondary N) is 1. The molecule has 0 aliphatic heterocycles. The highest BCUT2D eigenvalue weighted by Crippen LogP contribution is 2.29. The van der Waals surface area contributed by atoms with E-state index in [1.54, 1.807) is 16.7 Å². The van der Waals surface area contributed by atoms with Crippen LogP contribution in [0.4, 0.5) is 11.5 Å². The molecule has 0 unspecified atom stereocenters. The molecule has 3 N–H and O–H groups in total. The van der Waals surface area contributed by atoms with Crippen molar-refractivity contribution in [2.75, 3.05) is 44.5 Å². The zero-order valence-corrected chi connectivity index (χ0v) is 12.9. The molecule has 1 rings (SSSR count). The highest BCUT2D eigenvalue weighted by Gasteiger charge is 2.20. The normalized spacial score (nSPS) is 10.9. The van der Waals surface area contributed by atoms with Crippen LogP contribution in [-0.4, -0.2) is 49.5 Å². The molecule has 7 heteroatoms. The van der Waals surface area contributed by atoms with Gasteiger partial charge in [0.1, 0.15) is 0 Å². The Hall–Kier alpha value is -1.76. The summed E-state index contributed by atoms with van der Waals surface area (Å²) in [6, 6.07) is 0. The maximum atomic E-state index is 11.8. The van der Waals surface area contributed by atoms with Gasteiger partial charge in [0.05, 0.1) is 24.5 Å². The van der Waals surface area contributed by atoms with Crippen molar-refractivity contribution >= 4 is 17.4 Å². The summed E-state index contributed by atoms with van der Waals surface area (Å²) in [6.45, 7) is 5.31. The van der Waals surface area contributed by atoms with E-state index in [0.717, 1.165) is 11.5 Å². The summed E-state index contributed by atoms with van der Waals surface area (Å²) in [5, 5.41) is 7.19. The van der Waals surface area contributed by atoms with Gasteiger partial charge in [-0.15, -0.1) is 0 Å². The van der Waals surface area contributed by atoms with Gasteiger partial charge in [-0.2, -0.15) is 5.10 Å². The molecule has 0 aliphatic carbocycles. The van der Waals surface area contributed by atoms with Gasteiger partial charge in [-0.25, -0.2) is 0 Å². The van der Waals surface area contributed by atoms with Gasteiger partial charge in [0, 0.05) is 27.7 Å². The Morgan fingerprint density at radius 1 is 1.55 bits per heavy atom. The van der Waals surface area contributed by atoms with E-state index < -0.39 is 0 Å². The number of amides is 1. The van der Waals surface area contributed by atoms with Crippen LogP contribution in [0.25, 0.3) is 0 Å². The lowest BCUT2D eigenvalue weighted by Gasteiger charge is -2.19. The SMILES string of the molecule is COCCNC(=O)CN(C)c1c(N)c(C(C)C)nn1C. The Kier molecular flexibility index (Phi) is 5.82. The fourth-order valence-electron chi connectivity index (χ4n) is 2.07. The van der Waals surface area contributed by atoms with Crippen LogP contribution < -0.4 is 16.0 Å². The van der Waals surface area contributed by atoms with Gasteiger partial charge >= 0.3 is 0 Å². The number of hydrogen-bond acceptors (Lipinski definition) is 5. The monoisotopic (exact) mass is 283 g/mol. The van der Waals surface area contributed by atoms with Crippen molar-refractivity contribution in [3.05, 3.63) is 5.69 Å². The Bertz CT molecular complexity index is 456. The molecule has 0 aliphatic rings. The van der Waals surface area contributed by atoms with Gasteiger partial charge in [0.25, 0.3) is 0 Å². The zero-order chi connectivity index (χ0) is 15.3. The molecule has 0 radical (unpaired) electrons. The first-order valence-electron chi connectivity index (χ1n) is 6.67. The molecular formula is C13H25N5O2. The number of aromatic nitrogens is 2. The molecule has 0 spiro atoms. The number of carbonyl (C=O) groups is 1. The number of anilines is 2. The molecule has 1 amide bonds. The molecule has 1 aromatic heterocycles. The van der Waals surface area contributed by atoms with Crippen molar-refractivity contribution in [3.63, 3.8) is 0 Å². The number of carbonyl (C=O) groups excluding carboxylic acids is 1. The second-order valence-electron chi connectivity index (χ2n) is 5.10. The van der Waals surface area contributed by atoms with E-state index in [4.69, 9.17) is 10.5 Å². The highest BCUT2D eigenvalue weighted by molar-refractivity contribution is 5.82. The third-order valence-corrected chi connectivity index (χ3v) is 3.00. The van der Waals surface area contributed by atoms with Gasteiger partial charge < -0.3 is 20.7 Å². The first-order valence-corrected chi connectivity index (χ1v) is 6.67. The van der Waals surface area contributed by atoms with Crippen LogP contribution in [0.3, 0.4) is 0 Å². The molecule has 0 fully saturated rings. The smallest absolute Gasteiger partial charge is 0.239 e. The van der Waals surface area contributed by atoms with Crippen molar-refractivity contribution in [1.82, 2.24) is 15.1 Å². The summed E-state index contributed by atoms with van der Waals surface area (Å²) in [4.78, 5) is 13.6. The average Bonchev–Trinajstić information content (AvgIpc) is 2.65. The number of methoxy groups -OCH3 is 1. The van der Waals surface area contributed by atoms with Crippen molar-refractivity contribution in [3.8, 4) is 0 Å². The van der Waals surface area contributed by atoms with Gasteiger partial charge in [0.2, 0.25) is 5.91 Å². The third-order valence-electron chi connectivity index (χ3n) is 3.00. The molecule has 0 bridgehead atoms. The molecule has 1 aromatic rings. The highest BCUT2D eigenvalue weighted by atomic mass is 16.5. The van der Waals surface area contributed by atoms with Crippen LogP contribution in [0.5, 0.6) is 0 Å². The molecule has 0 atom stereocenters. The largest absolute Gasteiger partial charge is 0.394 e.